The second-order valence-electron chi connectivity index (χ2n) is 8.73. The molecule has 2 aliphatic heterocycles. The van der Waals surface area contributed by atoms with Crippen molar-refractivity contribution in [3.05, 3.63) is 17.5 Å². The summed E-state index contributed by atoms with van der Waals surface area (Å²) in [6.45, 7) is 6.26. The highest BCUT2D eigenvalue weighted by molar-refractivity contribution is 5.92. The third-order valence-corrected chi connectivity index (χ3v) is 6.44. The molecule has 3 heterocycles. The largest absolute Gasteiger partial charge is 0.378 e. The first-order valence-electron chi connectivity index (χ1n) is 10.9. The zero-order chi connectivity index (χ0) is 20.4. The van der Waals surface area contributed by atoms with Gasteiger partial charge in [0.15, 0.2) is 0 Å². The van der Waals surface area contributed by atoms with Crippen LogP contribution in [0, 0.1) is 12.8 Å². The van der Waals surface area contributed by atoms with Gasteiger partial charge in [0, 0.05) is 51.7 Å². The van der Waals surface area contributed by atoms with E-state index in [0.717, 1.165) is 31.0 Å². The van der Waals surface area contributed by atoms with Gasteiger partial charge in [0.05, 0.1) is 18.9 Å². The number of aromatic nitrogens is 2. The molecule has 0 radical (unpaired) electrons. The normalized spacial score (nSPS) is 25.4. The first kappa shape index (κ1) is 20.3. The molecule has 0 bridgehead atoms. The molecule has 4 rings (SSSR count). The number of rotatable bonds is 7. The van der Waals surface area contributed by atoms with Crippen molar-refractivity contribution in [3.8, 4) is 0 Å². The topological polar surface area (TPSA) is 79.7 Å². The van der Waals surface area contributed by atoms with Gasteiger partial charge in [-0.25, -0.2) is 0 Å². The maximum Gasteiger partial charge on any atom is 0.269 e. The van der Waals surface area contributed by atoms with Crippen molar-refractivity contribution in [2.45, 2.75) is 51.1 Å². The van der Waals surface area contributed by atoms with E-state index in [1.165, 1.54) is 12.8 Å². The van der Waals surface area contributed by atoms with Gasteiger partial charge in [-0.2, -0.15) is 5.10 Å². The van der Waals surface area contributed by atoms with Crippen molar-refractivity contribution < 1.29 is 14.3 Å². The number of amides is 2. The van der Waals surface area contributed by atoms with E-state index in [9.17, 15) is 9.59 Å². The summed E-state index contributed by atoms with van der Waals surface area (Å²) < 4.78 is 7.00. The second-order valence-corrected chi connectivity index (χ2v) is 8.73. The smallest absolute Gasteiger partial charge is 0.269 e. The highest BCUT2D eigenvalue weighted by Crippen LogP contribution is 2.35. The van der Waals surface area contributed by atoms with Gasteiger partial charge in [0.2, 0.25) is 5.91 Å². The van der Waals surface area contributed by atoms with Crippen molar-refractivity contribution in [3.63, 3.8) is 0 Å². The van der Waals surface area contributed by atoms with Gasteiger partial charge in [0.1, 0.15) is 5.69 Å². The molecule has 0 unspecified atom stereocenters. The number of ether oxygens (including phenoxy) is 1. The van der Waals surface area contributed by atoms with Crippen LogP contribution in [0.3, 0.4) is 0 Å². The predicted octanol–water partition coefficient (Wildman–Crippen LogP) is 0.950. The fourth-order valence-electron chi connectivity index (χ4n) is 4.62. The Morgan fingerprint density at radius 2 is 1.90 bits per heavy atom. The molecule has 1 N–H and O–H groups in total. The summed E-state index contributed by atoms with van der Waals surface area (Å²) in [5, 5.41) is 7.36. The summed E-state index contributed by atoms with van der Waals surface area (Å²) >= 11 is 0. The number of carbonyl (C=O) groups excluding carboxylic acids is 2. The summed E-state index contributed by atoms with van der Waals surface area (Å²) in [7, 11) is 1.80. The molecule has 1 aromatic rings. The molecule has 2 amide bonds. The van der Waals surface area contributed by atoms with Crippen LogP contribution >= 0.6 is 0 Å². The van der Waals surface area contributed by atoms with Gasteiger partial charge < -0.3 is 15.0 Å². The highest BCUT2D eigenvalue weighted by atomic mass is 16.5. The van der Waals surface area contributed by atoms with Gasteiger partial charge in [-0.05, 0) is 44.6 Å². The summed E-state index contributed by atoms with van der Waals surface area (Å²) in [6, 6.07) is 2.40. The number of hydrogen-bond acceptors (Lipinski definition) is 5. The number of hydrogen-bond donors (Lipinski definition) is 1. The molecule has 8 heteroatoms. The fourth-order valence-corrected chi connectivity index (χ4v) is 4.62. The minimum atomic E-state index is -0.0766. The molecular weight excluding hydrogens is 370 g/mol. The number of nitrogens with zero attached hydrogens (tertiary/aromatic N) is 4. The van der Waals surface area contributed by atoms with Crippen molar-refractivity contribution in [1.82, 2.24) is 24.9 Å². The van der Waals surface area contributed by atoms with Gasteiger partial charge in [0.25, 0.3) is 5.91 Å². The molecule has 0 aromatic carbocycles. The van der Waals surface area contributed by atoms with E-state index < -0.39 is 0 Å². The average molecular weight is 404 g/mol. The molecule has 3 aliphatic rings. The maximum atomic E-state index is 12.8. The average Bonchev–Trinajstić information content (AvgIpc) is 3.37. The van der Waals surface area contributed by atoms with Crippen molar-refractivity contribution >= 4 is 11.8 Å². The van der Waals surface area contributed by atoms with E-state index in [-0.39, 0.29) is 17.9 Å². The number of morpholine rings is 1. The first-order chi connectivity index (χ1) is 14.0. The Balaban J connectivity index is 1.34. The minimum Gasteiger partial charge on any atom is -0.378 e. The van der Waals surface area contributed by atoms with Gasteiger partial charge in [-0.3, -0.25) is 19.2 Å². The highest BCUT2D eigenvalue weighted by Gasteiger charge is 2.38. The number of carbonyl (C=O) groups is 2. The Bertz CT molecular complexity index is 739. The molecule has 2 saturated heterocycles. The first-order valence-corrected chi connectivity index (χ1v) is 10.9. The molecule has 8 nitrogen and oxygen atoms in total. The second kappa shape index (κ2) is 8.83. The standard InChI is InChI=1S/C21H33N5O3/c1-15-11-19(24(2)23-15)21(28)22-13-18-6-5-17(26(18)14-16-3-4-16)12-20(27)25-7-9-29-10-8-25/h11,16-18H,3-10,12-14H2,1-2H3,(H,22,28)/t17-,18+/m1/s1. The number of aryl methyl sites for hydroxylation is 2. The maximum absolute atomic E-state index is 12.8. The van der Waals surface area contributed by atoms with Gasteiger partial charge >= 0.3 is 0 Å². The third kappa shape index (κ3) is 4.98. The van der Waals surface area contributed by atoms with E-state index in [1.54, 1.807) is 11.7 Å². The number of likely N-dealkylation sites (tertiary alicyclic amines) is 1. The molecule has 1 aromatic heterocycles. The zero-order valence-corrected chi connectivity index (χ0v) is 17.6. The molecule has 0 spiro atoms. The molecule has 3 fully saturated rings. The molecule has 1 aliphatic carbocycles. The van der Waals surface area contributed by atoms with Gasteiger partial charge in [-0.1, -0.05) is 0 Å². The Morgan fingerprint density at radius 3 is 2.55 bits per heavy atom. The Morgan fingerprint density at radius 1 is 1.17 bits per heavy atom. The van der Waals surface area contributed by atoms with Gasteiger partial charge in [-0.15, -0.1) is 0 Å². The molecule has 29 heavy (non-hydrogen) atoms. The third-order valence-electron chi connectivity index (χ3n) is 6.44. The fraction of sp³-hybridized carbons (Fsp3) is 0.762. The summed E-state index contributed by atoms with van der Waals surface area (Å²) in [6.07, 6.45) is 5.20. The van der Waals surface area contributed by atoms with E-state index in [0.29, 0.717) is 51.0 Å². The van der Waals surface area contributed by atoms with Crippen LogP contribution in [0.1, 0.15) is 48.3 Å². The lowest BCUT2D eigenvalue weighted by atomic mass is 10.1. The molecule has 1 saturated carbocycles. The summed E-state index contributed by atoms with van der Waals surface area (Å²) in [5.74, 6) is 0.925. The van der Waals surface area contributed by atoms with Crippen LogP contribution in [0.2, 0.25) is 0 Å². The van der Waals surface area contributed by atoms with Crippen LogP contribution < -0.4 is 5.32 Å². The van der Waals surface area contributed by atoms with Crippen molar-refractivity contribution in [2.75, 3.05) is 39.4 Å². The lowest BCUT2D eigenvalue weighted by Crippen LogP contribution is -2.47. The monoisotopic (exact) mass is 403 g/mol. The minimum absolute atomic E-state index is 0.0766. The van der Waals surface area contributed by atoms with Crippen LogP contribution in [0.4, 0.5) is 0 Å². The van der Waals surface area contributed by atoms with Crippen LogP contribution in [-0.2, 0) is 16.6 Å². The summed E-state index contributed by atoms with van der Waals surface area (Å²) in [5.41, 5.74) is 1.43. The van der Waals surface area contributed by atoms with E-state index in [2.05, 4.69) is 15.3 Å². The molecule has 2 atom stereocenters. The van der Waals surface area contributed by atoms with Crippen molar-refractivity contribution in [2.24, 2.45) is 13.0 Å². The lowest BCUT2D eigenvalue weighted by Gasteiger charge is -2.33. The van der Waals surface area contributed by atoms with E-state index in [4.69, 9.17) is 4.74 Å². The number of nitrogens with one attached hydrogen (secondary N) is 1. The van der Waals surface area contributed by atoms with Crippen LogP contribution in [0.5, 0.6) is 0 Å². The van der Waals surface area contributed by atoms with Crippen LogP contribution in [0.15, 0.2) is 6.07 Å². The Kier molecular flexibility index (Phi) is 6.20. The van der Waals surface area contributed by atoms with E-state index in [1.807, 2.05) is 17.9 Å². The molecule has 160 valence electrons. The Hall–Kier alpha value is -1.93. The van der Waals surface area contributed by atoms with Crippen molar-refractivity contribution in [1.29, 1.82) is 0 Å². The molecular formula is C21H33N5O3. The predicted molar refractivity (Wildman–Crippen MR) is 109 cm³/mol. The quantitative estimate of drug-likeness (QED) is 0.733. The van der Waals surface area contributed by atoms with E-state index >= 15 is 0 Å². The zero-order valence-electron chi connectivity index (χ0n) is 17.6. The van der Waals surface area contributed by atoms with Crippen LogP contribution in [-0.4, -0.2) is 82.9 Å². The van der Waals surface area contributed by atoms with Crippen LogP contribution in [0.25, 0.3) is 0 Å². The summed E-state index contributed by atoms with van der Waals surface area (Å²) in [4.78, 5) is 29.8. The SMILES string of the molecule is Cc1cc(C(=O)NC[C@@H]2CC[C@H](CC(=O)N3CCOCC3)N2CC2CC2)n(C)n1. The Labute approximate surface area is 172 Å². The lowest BCUT2D eigenvalue weighted by molar-refractivity contribution is -0.136.